The van der Waals surface area contributed by atoms with Crippen LogP contribution in [0, 0.1) is 0 Å². The minimum Gasteiger partial charge on any atom is -0.337 e. The summed E-state index contributed by atoms with van der Waals surface area (Å²) in [5.74, 6) is 0.943. The Hall–Kier alpha value is -1.47. The first-order valence-electron chi connectivity index (χ1n) is 3.74. The van der Waals surface area contributed by atoms with Crippen LogP contribution in [0.15, 0.2) is 16.9 Å². The summed E-state index contributed by atoms with van der Waals surface area (Å²) in [5, 5.41) is 11.4. The van der Waals surface area contributed by atoms with E-state index in [-0.39, 0.29) is 19.0 Å². The summed E-state index contributed by atoms with van der Waals surface area (Å²) < 4.78 is 4.89. The van der Waals surface area contributed by atoms with Gasteiger partial charge in [0.05, 0.1) is 18.9 Å². The molecule has 0 fully saturated rings. The van der Waals surface area contributed by atoms with Crippen molar-refractivity contribution in [1.29, 1.82) is 0 Å². The van der Waals surface area contributed by atoms with Crippen molar-refractivity contribution < 1.29 is 4.52 Å². The van der Waals surface area contributed by atoms with Crippen LogP contribution in [0.3, 0.4) is 0 Å². The van der Waals surface area contributed by atoms with E-state index in [1.807, 2.05) is 0 Å². The van der Waals surface area contributed by atoms with Crippen molar-refractivity contribution >= 4 is 12.4 Å². The molecule has 0 saturated heterocycles. The lowest BCUT2D eigenvalue weighted by molar-refractivity contribution is 0.354. The van der Waals surface area contributed by atoms with E-state index in [0.29, 0.717) is 18.3 Å². The van der Waals surface area contributed by atoms with Crippen LogP contribution in [0.25, 0.3) is 0 Å². The second-order valence-electron chi connectivity index (χ2n) is 2.37. The number of aromatic nitrogens is 5. The highest BCUT2D eigenvalue weighted by atomic mass is 35.5. The molecule has 0 spiro atoms. The zero-order chi connectivity index (χ0) is 9.10. The van der Waals surface area contributed by atoms with Gasteiger partial charge >= 0.3 is 0 Å². The molecule has 0 atom stereocenters. The topological polar surface area (TPSA) is 95.7 Å². The van der Waals surface area contributed by atoms with Gasteiger partial charge < -0.3 is 10.3 Å². The molecule has 2 N–H and O–H groups in total. The molecule has 0 amide bonds. The van der Waals surface area contributed by atoms with Crippen molar-refractivity contribution in [3.63, 3.8) is 0 Å². The molecule has 76 valence electrons. The van der Waals surface area contributed by atoms with E-state index in [1.165, 1.54) is 4.80 Å². The molecule has 2 rings (SSSR count). The molecular formula is C6H9ClN6O. The highest BCUT2D eigenvalue weighted by molar-refractivity contribution is 5.85. The summed E-state index contributed by atoms with van der Waals surface area (Å²) in [4.78, 5) is 5.45. The molecule has 0 aliphatic rings. The molecule has 2 heterocycles. The van der Waals surface area contributed by atoms with Gasteiger partial charge in [0.1, 0.15) is 6.54 Å². The first kappa shape index (κ1) is 10.6. The summed E-state index contributed by atoms with van der Waals surface area (Å²) in [5.41, 5.74) is 5.31. The molecule has 0 saturated carbocycles. The van der Waals surface area contributed by atoms with E-state index >= 15 is 0 Å². The Morgan fingerprint density at radius 1 is 1.36 bits per heavy atom. The third-order valence-electron chi connectivity index (χ3n) is 1.44. The number of rotatable bonds is 3. The molecule has 0 radical (unpaired) electrons. The maximum atomic E-state index is 5.31. The molecule has 2 aromatic heterocycles. The van der Waals surface area contributed by atoms with E-state index in [9.17, 15) is 0 Å². The van der Waals surface area contributed by atoms with Crippen LogP contribution in [0.2, 0.25) is 0 Å². The highest BCUT2D eigenvalue weighted by Crippen LogP contribution is 1.97. The largest absolute Gasteiger partial charge is 0.337 e. The van der Waals surface area contributed by atoms with E-state index < -0.39 is 0 Å². The van der Waals surface area contributed by atoms with Crippen molar-refractivity contribution in [2.24, 2.45) is 5.73 Å². The van der Waals surface area contributed by atoms with Crippen molar-refractivity contribution in [1.82, 2.24) is 25.1 Å². The molecule has 2 aromatic rings. The van der Waals surface area contributed by atoms with Crippen molar-refractivity contribution in [2.45, 2.75) is 13.1 Å². The summed E-state index contributed by atoms with van der Waals surface area (Å²) in [6.45, 7) is 0.649. The quantitative estimate of drug-likeness (QED) is 0.749. The maximum absolute atomic E-state index is 5.31. The van der Waals surface area contributed by atoms with Crippen LogP contribution in [-0.2, 0) is 13.1 Å². The number of nitrogens with two attached hydrogens (primary N) is 1. The molecule has 7 nitrogen and oxygen atoms in total. The van der Waals surface area contributed by atoms with E-state index in [4.69, 9.17) is 10.3 Å². The highest BCUT2D eigenvalue weighted by Gasteiger charge is 2.05. The smallest absolute Gasteiger partial charge is 0.250 e. The Morgan fingerprint density at radius 3 is 2.64 bits per heavy atom. The summed E-state index contributed by atoms with van der Waals surface area (Å²) in [6.07, 6.45) is 3.17. The average molecular weight is 217 g/mol. The molecule has 0 aliphatic heterocycles. The number of halogens is 1. The fourth-order valence-corrected chi connectivity index (χ4v) is 0.883. The maximum Gasteiger partial charge on any atom is 0.250 e. The Labute approximate surface area is 85.7 Å². The SMILES string of the molecule is Cl.NCc1noc(Cn2nccn2)n1. The first-order valence-corrected chi connectivity index (χ1v) is 3.74. The zero-order valence-electron chi connectivity index (χ0n) is 7.20. The molecule has 0 aromatic carbocycles. The lowest BCUT2D eigenvalue weighted by Crippen LogP contribution is -2.04. The molecule has 8 heteroatoms. The fourth-order valence-electron chi connectivity index (χ4n) is 0.883. The Balaban J connectivity index is 0.000000980. The Morgan fingerprint density at radius 2 is 2.07 bits per heavy atom. The molecule has 14 heavy (non-hydrogen) atoms. The standard InChI is InChI=1S/C6H8N6O.ClH/c7-3-5-10-6(13-11-5)4-12-8-1-2-9-12;/h1-2H,3-4,7H2;1H. The van der Waals surface area contributed by atoms with Crippen LogP contribution in [-0.4, -0.2) is 25.1 Å². The van der Waals surface area contributed by atoms with Crippen LogP contribution in [0.4, 0.5) is 0 Å². The van der Waals surface area contributed by atoms with Gasteiger partial charge in [0.25, 0.3) is 0 Å². The monoisotopic (exact) mass is 216 g/mol. The van der Waals surface area contributed by atoms with E-state index in [2.05, 4.69) is 20.3 Å². The predicted molar refractivity (Wildman–Crippen MR) is 48.6 cm³/mol. The average Bonchev–Trinajstić information content (AvgIpc) is 2.76. The van der Waals surface area contributed by atoms with Crippen LogP contribution < -0.4 is 5.73 Å². The van der Waals surface area contributed by atoms with Crippen molar-refractivity contribution in [3.8, 4) is 0 Å². The third kappa shape index (κ3) is 2.27. The van der Waals surface area contributed by atoms with Crippen LogP contribution >= 0.6 is 12.4 Å². The predicted octanol–water partition coefficient (Wildman–Crippen LogP) is -0.410. The fraction of sp³-hybridized carbons (Fsp3) is 0.333. The lowest BCUT2D eigenvalue weighted by Gasteiger charge is -1.90. The van der Waals surface area contributed by atoms with E-state index in [0.717, 1.165) is 0 Å². The van der Waals surface area contributed by atoms with Crippen molar-refractivity contribution in [2.75, 3.05) is 0 Å². The normalized spacial score (nSPS) is 9.79. The van der Waals surface area contributed by atoms with Gasteiger partial charge in [0.15, 0.2) is 5.82 Å². The number of hydrogen-bond acceptors (Lipinski definition) is 6. The minimum atomic E-state index is 0. The molecule has 0 unspecified atom stereocenters. The van der Waals surface area contributed by atoms with Gasteiger partial charge in [0, 0.05) is 0 Å². The summed E-state index contributed by atoms with van der Waals surface area (Å²) in [7, 11) is 0. The van der Waals surface area contributed by atoms with Gasteiger partial charge in [-0.15, -0.1) is 12.4 Å². The second-order valence-corrected chi connectivity index (χ2v) is 2.37. The Kier molecular flexibility index (Phi) is 3.55. The molecular weight excluding hydrogens is 208 g/mol. The van der Waals surface area contributed by atoms with Gasteiger partial charge in [-0.3, -0.25) is 0 Å². The van der Waals surface area contributed by atoms with Crippen LogP contribution in [0.5, 0.6) is 0 Å². The van der Waals surface area contributed by atoms with Gasteiger partial charge in [-0.25, -0.2) is 0 Å². The number of nitrogens with zero attached hydrogens (tertiary/aromatic N) is 5. The van der Waals surface area contributed by atoms with Gasteiger partial charge in [0.2, 0.25) is 5.89 Å². The van der Waals surface area contributed by atoms with Crippen LogP contribution in [0.1, 0.15) is 11.7 Å². The zero-order valence-corrected chi connectivity index (χ0v) is 8.02. The second kappa shape index (κ2) is 4.68. The Bertz CT molecular complexity index is 371. The third-order valence-corrected chi connectivity index (χ3v) is 1.44. The molecule has 0 bridgehead atoms. The minimum absolute atomic E-state index is 0. The summed E-state index contributed by atoms with van der Waals surface area (Å²) >= 11 is 0. The van der Waals surface area contributed by atoms with Gasteiger partial charge in [-0.1, -0.05) is 5.16 Å². The number of hydrogen-bond donors (Lipinski definition) is 1. The van der Waals surface area contributed by atoms with Crippen molar-refractivity contribution in [3.05, 3.63) is 24.1 Å². The molecule has 0 aliphatic carbocycles. The summed E-state index contributed by atoms with van der Waals surface area (Å²) in [6, 6.07) is 0. The van der Waals surface area contributed by atoms with E-state index in [1.54, 1.807) is 12.4 Å². The first-order chi connectivity index (χ1) is 6.38. The lowest BCUT2D eigenvalue weighted by atomic mass is 10.6. The van der Waals surface area contributed by atoms with Gasteiger partial charge in [-0.2, -0.15) is 20.0 Å². The van der Waals surface area contributed by atoms with Gasteiger partial charge in [-0.05, 0) is 0 Å².